The quantitative estimate of drug-likeness (QED) is 0.396. The molecule has 24 heavy (non-hydrogen) atoms. The van der Waals surface area contributed by atoms with E-state index in [1.807, 2.05) is 37.3 Å². The molecular weight excluding hydrogens is 343 g/mol. The van der Waals surface area contributed by atoms with Crippen molar-refractivity contribution >= 4 is 35.1 Å². The molecule has 1 aromatic heterocycles. The molecule has 4 heteroatoms. The van der Waals surface area contributed by atoms with Gasteiger partial charge in [-0.05, 0) is 67.1 Å². The van der Waals surface area contributed by atoms with Crippen LogP contribution in [0.2, 0.25) is 10.0 Å². The second-order valence-electron chi connectivity index (χ2n) is 5.37. The van der Waals surface area contributed by atoms with Crippen LogP contribution in [0.1, 0.15) is 21.7 Å². The number of carbonyl (C=O) groups excluding carboxylic acids is 1. The molecule has 0 aliphatic heterocycles. The molecule has 0 aliphatic rings. The second-order valence-corrected chi connectivity index (χ2v) is 6.21. The summed E-state index contributed by atoms with van der Waals surface area (Å²) in [6, 6.07) is 16.2. The Hall–Kier alpha value is -2.29. The topological polar surface area (TPSA) is 30.2 Å². The number of furan rings is 1. The van der Waals surface area contributed by atoms with Crippen LogP contribution in [-0.4, -0.2) is 5.78 Å². The van der Waals surface area contributed by atoms with Crippen LogP contribution >= 0.6 is 23.2 Å². The van der Waals surface area contributed by atoms with Crippen LogP contribution in [-0.2, 0) is 0 Å². The fourth-order valence-electron chi connectivity index (χ4n) is 2.21. The van der Waals surface area contributed by atoms with Crippen molar-refractivity contribution in [3.05, 3.63) is 87.6 Å². The van der Waals surface area contributed by atoms with Crippen LogP contribution in [0.25, 0.3) is 17.4 Å². The Labute approximate surface area is 150 Å². The van der Waals surface area contributed by atoms with Crippen molar-refractivity contribution in [2.45, 2.75) is 6.92 Å². The number of rotatable bonds is 4. The number of halogens is 2. The number of ketones is 1. The molecule has 2 aromatic carbocycles. The van der Waals surface area contributed by atoms with E-state index in [0.717, 1.165) is 11.1 Å². The van der Waals surface area contributed by atoms with Gasteiger partial charge in [-0.1, -0.05) is 35.3 Å². The SMILES string of the molecule is Cc1ccc(-c2ccc(C=CC(=O)c3ccc(Cl)cc3)o2)cc1Cl. The Bertz CT molecular complexity index is 906. The van der Waals surface area contributed by atoms with Crippen molar-refractivity contribution < 1.29 is 9.21 Å². The molecule has 0 radical (unpaired) electrons. The van der Waals surface area contributed by atoms with Gasteiger partial charge in [0.2, 0.25) is 0 Å². The molecule has 0 bridgehead atoms. The molecule has 0 N–H and O–H groups in total. The normalized spacial score (nSPS) is 11.1. The Balaban J connectivity index is 1.77. The molecule has 0 spiro atoms. The molecule has 120 valence electrons. The second kappa shape index (κ2) is 7.08. The Morgan fingerprint density at radius 1 is 1.00 bits per heavy atom. The number of aryl methyl sites for hydroxylation is 1. The van der Waals surface area contributed by atoms with Gasteiger partial charge in [-0.3, -0.25) is 4.79 Å². The average Bonchev–Trinajstić information content (AvgIpc) is 3.05. The van der Waals surface area contributed by atoms with E-state index in [1.54, 1.807) is 30.3 Å². The van der Waals surface area contributed by atoms with Crippen molar-refractivity contribution in [1.82, 2.24) is 0 Å². The third-order valence-electron chi connectivity index (χ3n) is 3.61. The van der Waals surface area contributed by atoms with E-state index in [2.05, 4.69) is 0 Å². The van der Waals surface area contributed by atoms with Crippen molar-refractivity contribution in [3.8, 4) is 11.3 Å². The monoisotopic (exact) mass is 356 g/mol. The molecule has 0 saturated heterocycles. The van der Waals surface area contributed by atoms with E-state index in [-0.39, 0.29) is 5.78 Å². The van der Waals surface area contributed by atoms with Crippen LogP contribution in [0.5, 0.6) is 0 Å². The van der Waals surface area contributed by atoms with Crippen LogP contribution in [0.15, 0.2) is 65.1 Å². The van der Waals surface area contributed by atoms with Crippen molar-refractivity contribution in [2.24, 2.45) is 0 Å². The standard InChI is InChI=1S/C20H14Cl2O2/c1-13-2-3-15(12-18(13)22)20-11-9-17(24-20)8-10-19(23)14-4-6-16(21)7-5-14/h2-12H,1H3. The molecule has 0 aliphatic carbocycles. The fraction of sp³-hybridized carbons (Fsp3) is 0.0500. The summed E-state index contributed by atoms with van der Waals surface area (Å²) in [4.78, 5) is 12.1. The van der Waals surface area contributed by atoms with Crippen molar-refractivity contribution in [3.63, 3.8) is 0 Å². The smallest absolute Gasteiger partial charge is 0.185 e. The van der Waals surface area contributed by atoms with E-state index >= 15 is 0 Å². The van der Waals surface area contributed by atoms with Crippen molar-refractivity contribution in [2.75, 3.05) is 0 Å². The zero-order chi connectivity index (χ0) is 17.1. The van der Waals surface area contributed by atoms with Gasteiger partial charge in [0.05, 0.1) is 0 Å². The average molecular weight is 357 g/mol. The first-order valence-electron chi connectivity index (χ1n) is 7.37. The molecule has 0 saturated carbocycles. The van der Waals surface area contributed by atoms with Gasteiger partial charge in [0, 0.05) is 21.2 Å². The first kappa shape index (κ1) is 16.6. The highest BCUT2D eigenvalue weighted by atomic mass is 35.5. The number of hydrogen-bond acceptors (Lipinski definition) is 2. The lowest BCUT2D eigenvalue weighted by Crippen LogP contribution is -1.92. The number of allylic oxidation sites excluding steroid dienone is 1. The molecule has 3 rings (SSSR count). The highest BCUT2D eigenvalue weighted by molar-refractivity contribution is 6.31. The lowest BCUT2D eigenvalue weighted by Gasteiger charge is -2.00. The lowest BCUT2D eigenvalue weighted by molar-refractivity contribution is 0.104. The minimum absolute atomic E-state index is 0.108. The van der Waals surface area contributed by atoms with E-state index in [0.29, 0.717) is 27.1 Å². The predicted octanol–water partition coefficient (Wildman–Crippen LogP) is 6.46. The Morgan fingerprint density at radius 2 is 1.75 bits per heavy atom. The molecule has 3 aromatic rings. The molecule has 0 unspecified atom stereocenters. The van der Waals surface area contributed by atoms with Gasteiger partial charge in [-0.2, -0.15) is 0 Å². The minimum atomic E-state index is -0.108. The summed E-state index contributed by atoms with van der Waals surface area (Å²) >= 11 is 12.0. The maximum atomic E-state index is 12.1. The zero-order valence-corrected chi connectivity index (χ0v) is 14.4. The lowest BCUT2D eigenvalue weighted by atomic mass is 10.1. The highest BCUT2D eigenvalue weighted by Crippen LogP contribution is 2.27. The summed E-state index contributed by atoms with van der Waals surface area (Å²) in [5, 5.41) is 1.29. The van der Waals surface area contributed by atoms with Crippen LogP contribution in [0, 0.1) is 6.92 Å². The van der Waals surface area contributed by atoms with Gasteiger partial charge in [-0.15, -0.1) is 0 Å². The molecule has 1 heterocycles. The molecular formula is C20H14Cl2O2. The third kappa shape index (κ3) is 3.78. The highest BCUT2D eigenvalue weighted by Gasteiger charge is 2.06. The van der Waals surface area contributed by atoms with Gasteiger partial charge in [-0.25, -0.2) is 0 Å². The predicted molar refractivity (Wildman–Crippen MR) is 98.7 cm³/mol. The summed E-state index contributed by atoms with van der Waals surface area (Å²) in [6.07, 6.45) is 3.13. The van der Waals surface area contributed by atoms with E-state index in [4.69, 9.17) is 27.6 Å². The summed E-state index contributed by atoms with van der Waals surface area (Å²) in [6.45, 7) is 1.95. The summed E-state index contributed by atoms with van der Waals surface area (Å²) in [5.41, 5.74) is 2.49. The van der Waals surface area contributed by atoms with Gasteiger partial charge < -0.3 is 4.42 Å². The third-order valence-corrected chi connectivity index (χ3v) is 4.27. The Kier molecular flexibility index (Phi) is 4.89. The first-order chi connectivity index (χ1) is 11.5. The zero-order valence-electron chi connectivity index (χ0n) is 12.9. The van der Waals surface area contributed by atoms with Crippen molar-refractivity contribution in [1.29, 1.82) is 0 Å². The van der Waals surface area contributed by atoms with Gasteiger partial charge in [0.15, 0.2) is 5.78 Å². The summed E-state index contributed by atoms with van der Waals surface area (Å²) in [7, 11) is 0. The number of hydrogen-bond donors (Lipinski definition) is 0. The molecule has 2 nitrogen and oxygen atoms in total. The van der Waals surface area contributed by atoms with E-state index in [9.17, 15) is 4.79 Å². The van der Waals surface area contributed by atoms with E-state index < -0.39 is 0 Å². The molecule has 0 amide bonds. The number of carbonyl (C=O) groups is 1. The van der Waals surface area contributed by atoms with Gasteiger partial charge in [0.1, 0.15) is 11.5 Å². The molecule has 0 atom stereocenters. The maximum Gasteiger partial charge on any atom is 0.185 e. The van der Waals surface area contributed by atoms with E-state index in [1.165, 1.54) is 6.08 Å². The Morgan fingerprint density at radius 3 is 2.46 bits per heavy atom. The van der Waals surface area contributed by atoms with Gasteiger partial charge >= 0.3 is 0 Å². The van der Waals surface area contributed by atoms with Crippen LogP contribution < -0.4 is 0 Å². The summed E-state index contributed by atoms with van der Waals surface area (Å²) in [5.74, 6) is 1.20. The van der Waals surface area contributed by atoms with Crippen LogP contribution in [0.4, 0.5) is 0 Å². The van der Waals surface area contributed by atoms with Gasteiger partial charge in [0.25, 0.3) is 0 Å². The minimum Gasteiger partial charge on any atom is -0.457 e. The first-order valence-corrected chi connectivity index (χ1v) is 8.13. The maximum absolute atomic E-state index is 12.1. The fourth-order valence-corrected chi connectivity index (χ4v) is 2.52. The van der Waals surface area contributed by atoms with Crippen LogP contribution in [0.3, 0.4) is 0 Å². The number of benzene rings is 2. The summed E-state index contributed by atoms with van der Waals surface area (Å²) < 4.78 is 5.75. The largest absolute Gasteiger partial charge is 0.457 e. The molecule has 0 fully saturated rings.